The van der Waals surface area contributed by atoms with Crippen molar-refractivity contribution in [2.75, 3.05) is 65.8 Å². The van der Waals surface area contributed by atoms with Crippen molar-refractivity contribution in [2.24, 2.45) is 0 Å². The van der Waals surface area contributed by atoms with Crippen molar-refractivity contribution >= 4 is 5.97 Å². The molecule has 0 heterocycles. The summed E-state index contributed by atoms with van der Waals surface area (Å²) in [5.41, 5.74) is 0. The molecule has 0 aromatic heterocycles. The Labute approximate surface area is 127 Å². The molecule has 0 aliphatic heterocycles. The highest BCUT2D eigenvalue weighted by Gasteiger charge is 1.96. The topological polar surface area (TPSA) is 89.0 Å². The molecule has 0 spiro atoms. The molecular formula is C14H30N2O5. The minimum absolute atomic E-state index is 0.0334. The molecule has 0 rings (SSSR count). The minimum Gasteiger partial charge on any atom is -0.481 e. The normalized spacial score (nSPS) is 10.9. The van der Waals surface area contributed by atoms with Crippen LogP contribution in [0.3, 0.4) is 0 Å². The van der Waals surface area contributed by atoms with Gasteiger partial charge in [0.2, 0.25) is 0 Å². The van der Waals surface area contributed by atoms with Gasteiger partial charge in [0.15, 0.2) is 0 Å². The summed E-state index contributed by atoms with van der Waals surface area (Å²) in [7, 11) is 0. The van der Waals surface area contributed by atoms with Gasteiger partial charge < -0.3 is 30.0 Å². The third-order valence-corrected chi connectivity index (χ3v) is 2.58. The molecule has 7 heteroatoms. The Morgan fingerprint density at radius 2 is 1.43 bits per heavy atom. The van der Waals surface area contributed by atoms with Crippen LogP contribution >= 0.6 is 0 Å². The van der Waals surface area contributed by atoms with E-state index in [0.29, 0.717) is 26.4 Å². The molecule has 0 bridgehead atoms. The minimum atomic E-state index is -0.847. The van der Waals surface area contributed by atoms with Crippen molar-refractivity contribution < 1.29 is 24.1 Å². The van der Waals surface area contributed by atoms with E-state index in [1.54, 1.807) is 0 Å². The van der Waals surface area contributed by atoms with E-state index >= 15 is 0 Å². The predicted molar refractivity (Wildman–Crippen MR) is 80.7 cm³/mol. The molecule has 21 heavy (non-hydrogen) atoms. The maximum atomic E-state index is 10.2. The van der Waals surface area contributed by atoms with Crippen molar-refractivity contribution in [3.8, 4) is 0 Å². The number of aliphatic carboxylic acids is 1. The first-order valence-electron chi connectivity index (χ1n) is 7.63. The summed E-state index contributed by atoms with van der Waals surface area (Å²) in [6.07, 6.45) is 1.02. The SMILES string of the molecule is CCNCCNCCCOCCOCCOCCC(=O)O. The van der Waals surface area contributed by atoms with Gasteiger partial charge in [0.25, 0.3) is 0 Å². The highest BCUT2D eigenvalue weighted by molar-refractivity contribution is 5.66. The number of hydrogen-bond donors (Lipinski definition) is 3. The van der Waals surface area contributed by atoms with E-state index in [4.69, 9.17) is 19.3 Å². The Kier molecular flexibility index (Phi) is 16.7. The lowest BCUT2D eigenvalue weighted by atomic mass is 10.4. The Bertz CT molecular complexity index is 229. The van der Waals surface area contributed by atoms with Crippen LogP contribution in [0.25, 0.3) is 0 Å². The number of rotatable bonds is 17. The van der Waals surface area contributed by atoms with E-state index in [0.717, 1.165) is 39.2 Å². The van der Waals surface area contributed by atoms with E-state index in [1.165, 1.54) is 0 Å². The van der Waals surface area contributed by atoms with Gasteiger partial charge in [-0.05, 0) is 19.5 Å². The second kappa shape index (κ2) is 17.3. The van der Waals surface area contributed by atoms with Crippen LogP contribution in [-0.2, 0) is 19.0 Å². The van der Waals surface area contributed by atoms with Crippen molar-refractivity contribution in [1.29, 1.82) is 0 Å². The van der Waals surface area contributed by atoms with E-state index < -0.39 is 5.97 Å². The summed E-state index contributed by atoms with van der Waals surface area (Å²) in [5.74, 6) is -0.847. The van der Waals surface area contributed by atoms with Gasteiger partial charge in [-0.2, -0.15) is 0 Å². The number of carbonyl (C=O) groups is 1. The van der Waals surface area contributed by atoms with E-state index in [9.17, 15) is 4.79 Å². The fourth-order valence-electron chi connectivity index (χ4n) is 1.48. The molecule has 7 nitrogen and oxygen atoms in total. The first-order valence-corrected chi connectivity index (χ1v) is 7.63. The van der Waals surface area contributed by atoms with Gasteiger partial charge in [-0.15, -0.1) is 0 Å². The van der Waals surface area contributed by atoms with Crippen LogP contribution in [0.1, 0.15) is 19.8 Å². The molecular weight excluding hydrogens is 276 g/mol. The van der Waals surface area contributed by atoms with Gasteiger partial charge in [-0.25, -0.2) is 0 Å². The molecule has 0 saturated heterocycles. The molecule has 0 atom stereocenters. The molecule has 0 aromatic rings. The molecule has 0 saturated carbocycles. The molecule has 0 aliphatic carbocycles. The average molecular weight is 306 g/mol. The summed E-state index contributed by atoms with van der Waals surface area (Å²) in [6.45, 7) is 9.01. The smallest absolute Gasteiger partial charge is 0.305 e. The quantitative estimate of drug-likeness (QED) is 0.328. The Morgan fingerprint density at radius 3 is 2.05 bits per heavy atom. The zero-order valence-electron chi connectivity index (χ0n) is 13.1. The van der Waals surface area contributed by atoms with Crippen LogP contribution in [0.15, 0.2) is 0 Å². The van der Waals surface area contributed by atoms with Crippen molar-refractivity contribution in [2.45, 2.75) is 19.8 Å². The van der Waals surface area contributed by atoms with Gasteiger partial charge in [-0.3, -0.25) is 4.79 Å². The lowest BCUT2D eigenvalue weighted by Gasteiger charge is -2.07. The van der Waals surface area contributed by atoms with Crippen LogP contribution in [0.4, 0.5) is 0 Å². The van der Waals surface area contributed by atoms with Crippen LogP contribution in [-0.4, -0.2) is 76.9 Å². The summed E-state index contributed by atoms with van der Waals surface area (Å²) >= 11 is 0. The monoisotopic (exact) mass is 306 g/mol. The lowest BCUT2D eigenvalue weighted by molar-refractivity contribution is -0.138. The molecule has 0 amide bonds. The zero-order chi connectivity index (χ0) is 15.6. The van der Waals surface area contributed by atoms with Crippen molar-refractivity contribution in [3.63, 3.8) is 0 Å². The Balaban J connectivity index is 2.95. The van der Waals surface area contributed by atoms with Crippen LogP contribution in [0.2, 0.25) is 0 Å². The zero-order valence-corrected chi connectivity index (χ0v) is 13.1. The number of hydrogen-bond acceptors (Lipinski definition) is 6. The Morgan fingerprint density at radius 1 is 0.857 bits per heavy atom. The number of carboxylic acids is 1. The molecule has 0 unspecified atom stereocenters. The number of nitrogens with one attached hydrogen (secondary N) is 2. The average Bonchev–Trinajstić information content (AvgIpc) is 2.46. The molecule has 0 radical (unpaired) electrons. The maximum Gasteiger partial charge on any atom is 0.305 e. The summed E-state index contributed by atoms with van der Waals surface area (Å²) in [6, 6.07) is 0. The standard InChI is InChI=1S/C14H30N2O5/c1-2-15-6-7-16-5-3-8-19-10-12-21-13-11-20-9-4-14(17)18/h15-16H,2-13H2,1H3,(H,17,18). The highest BCUT2D eigenvalue weighted by atomic mass is 16.5. The maximum absolute atomic E-state index is 10.2. The molecule has 0 fully saturated rings. The lowest BCUT2D eigenvalue weighted by Crippen LogP contribution is -2.28. The van der Waals surface area contributed by atoms with Gasteiger partial charge in [0.05, 0.1) is 39.5 Å². The predicted octanol–water partition coefficient (Wildman–Crippen LogP) is 0.100. The largest absolute Gasteiger partial charge is 0.481 e. The second-order valence-electron chi connectivity index (χ2n) is 4.44. The van der Waals surface area contributed by atoms with E-state index in [1.807, 2.05) is 0 Å². The van der Waals surface area contributed by atoms with Crippen molar-refractivity contribution in [3.05, 3.63) is 0 Å². The van der Waals surface area contributed by atoms with Crippen LogP contribution < -0.4 is 10.6 Å². The third kappa shape index (κ3) is 19.3. The van der Waals surface area contributed by atoms with Crippen molar-refractivity contribution in [1.82, 2.24) is 10.6 Å². The van der Waals surface area contributed by atoms with Crippen LogP contribution in [0, 0.1) is 0 Å². The highest BCUT2D eigenvalue weighted by Crippen LogP contribution is 1.85. The number of likely N-dealkylation sites (N-methyl/N-ethyl adjacent to an activating group) is 1. The fourth-order valence-corrected chi connectivity index (χ4v) is 1.48. The van der Waals surface area contributed by atoms with Gasteiger partial charge in [0.1, 0.15) is 0 Å². The number of ether oxygens (including phenoxy) is 3. The molecule has 0 aromatic carbocycles. The molecule has 0 aliphatic rings. The number of carboxylic acid groups (broad SMARTS) is 1. The molecule has 126 valence electrons. The fraction of sp³-hybridized carbons (Fsp3) is 0.929. The van der Waals surface area contributed by atoms with E-state index in [2.05, 4.69) is 17.6 Å². The molecule has 3 N–H and O–H groups in total. The van der Waals surface area contributed by atoms with Crippen LogP contribution in [0.5, 0.6) is 0 Å². The van der Waals surface area contributed by atoms with E-state index in [-0.39, 0.29) is 13.0 Å². The first kappa shape index (κ1) is 20.3. The summed E-state index contributed by atoms with van der Waals surface area (Å²) in [4.78, 5) is 10.2. The third-order valence-electron chi connectivity index (χ3n) is 2.58. The first-order chi connectivity index (χ1) is 10.3. The Hall–Kier alpha value is -0.730. The van der Waals surface area contributed by atoms with Gasteiger partial charge >= 0.3 is 5.97 Å². The van der Waals surface area contributed by atoms with Gasteiger partial charge in [0, 0.05) is 19.7 Å². The van der Waals surface area contributed by atoms with Gasteiger partial charge in [-0.1, -0.05) is 6.92 Å². The summed E-state index contributed by atoms with van der Waals surface area (Å²) in [5, 5.41) is 15.0. The summed E-state index contributed by atoms with van der Waals surface area (Å²) < 4.78 is 15.8. The second-order valence-corrected chi connectivity index (χ2v) is 4.44.